The second-order valence-corrected chi connectivity index (χ2v) is 6.75. The van der Waals surface area contributed by atoms with Crippen molar-refractivity contribution < 1.29 is 17.9 Å². The molecule has 2 aromatic rings. The lowest BCUT2D eigenvalue weighted by Gasteiger charge is -2.07. The molecule has 0 bridgehead atoms. The van der Waals surface area contributed by atoms with Crippen LogP contribution in [0.25, 0.3) is 0 Å². The molecule has 112 valence electrons. The number of rotatable bonds is 6. The van der Waals surface area contributed by atoms with Crippen LogP contribution < -0.4 is 4.72 Å². The van der Waals surface area contributed by atoms with Crippen molar-refractivity contribution in [1.29, 1.82) is 0 Å². The third kappa shape index (κ3) is 3.90. The van der Waals surface area contributed by atoms with Crippen molar-refractivity contribution in [3.05, 3.63) is 52.2 Å². The maximum absolute atomic E-state index is 12.2. The first-order chi connectivity index (χ1) is 10.0. The Bertz CT molecular complexity index is 708. The molecule has 21 heavy (non-hydrogen) atoms. The van der Waals surface area contributed by atoms with Gasteiger partial charge >= 0.3 is 5.97 Å². The average molecular weight is 325 g/mol. The number of benzene rings is 1. The van der Waals surface area contributed by atoms with E-state index in [0.717, 1.165) is 16.9 Å². The second kappa shape index (κ2) is 6.84. The molecule has 0 atom stereocenters. The molecular weight excluding hydrogens is 310 g/mol. The molecule has 0 radical (unpaired) electrons. The Kier molecular flexibility index (Phi) is 5.11. The van der Waals surface area contributed by atoms with Gasteiger partial charge in [-0.05, 0) is 12.0 Å². The Morgan fingerprint density at radius 2 is 1.95 bits per heavy atom. The van der Waals surface area contributed by atoms with Crippen molar-refractivity contribution in [2.45, 2.75) is 11.3 Å². The van der Waals surface area contributed by atoms with Gasteiger partial charge in [0.15, 0.2) is 0 Å². The molecule has 0 aliphatic rings. The predicted molar refractivity (Wildman–Crippen MR) is 81.0 cm³/mol. The van der Waals surface area contributed by atoms with Crippen molar-refractivity contribution in [2.24, 2.45) is 0 Å². The van der Waals surface area contributed by atoms with Crippen molar-refractivity contribution in [3.63, 3.8) is 0 Å². The minimum atomic E-state index is -3.71. The number of methoxy groups -OCH3 is 1. The first-order valence-corrected chi connectivity index (χ1v) is 8.65. The molecule has 0 amide bonds. The lowest BCUT2D eigenvalue weighted by molar-refractivity contribution is 0.0597. The van der Waals surface area contributed by atoms with Gasteiger partial charge in [-0.2, -0.15) is 11.3 Å². The van der Waals surface area contributed by atoms with Crippen LogP contribution in [-0.4, -0.2) is 28.0 Å². The summed E-state index contributed by atoms with van der Waals surface area (Å²) < 4.78 is 31.5. The van der Waals surface area contributed by atoms with E-state index in [-0.39, 0.29) is 17.0 Å². The number of esters is 1. The average Bonchev–Trinajstić information content (AvgIpc) is 2.98. The molecule has 5 nitrogen and oxygen atoms in total. The van der Waals surface area contributed by atoms with E-state index in [0.29, 0.717) is 6.42 Å². The molecule has 0 saturated heterocycles. The molecule has 0 spiro atoms. The molecule has 0 aliphatic carbocycles. The maximum atomic E-state index is 12.2. The van der Waals surface area contributed by atoms with Crippen LogP contribution in [0.3, 0.4) is 0 Å². The number of hydrogen-bond donors (Lipinski definition) is 1. The molecule has 0 unspecified atom stereocenters. The fraction of sp³-hybridized carbons (Fsp3) is 0.214. The normalized spacial score (nSPS) is 11.3. The fourth-order valence-corrected chi connectivity index (χ4v) is 4.19. The fourth-order valence-electron chi connectivity index (χ4n) is 1.80. The number of nitrogens with one attached hydrogen (secondary N) is 1. The standard InChI is InChI=1S/C14H15NO4S2/c1-19-14(16)12-9-20-10-13(12)21(17,18)15-8-7-11-5-3-2-4-6-11/h2-6,9-10,15H,7-8H2,1H3. The molecule has 0 aliphatic heterocycles. The highest BCUT2D eigenvalue weighted by molar-refractivity contribution is 7.89. The second-order valence-electron chi connectivity index (χ2n) is 4.27. The summed E-state index contributed by atoms with van der Waals surface area (Å²) in [6.07, 6.45) is 0.581. The Labute approximate surface area is 127 Å². The number of hydrogen-bond acceptors (Lipinski definition) is 5. The van der Waals surface area contributed by atoms with Crippen molar-refractivity contribution in [2.75, 3.05) is 13.7 Å². The molecule has 1 aromatic carbocycles. The highest BCUT2D eigenvalue weighted by Crippen LogP contribution is 2.21. The Hall–Kier alpha value is -1.70. The number of sulfonamides is 1. The molecule has 0 fully saturated rings. The zero-order chi connectivity index (χ0) is 15.3. The van der Waals surface area contributed by atoms with E-state index in [2.05, 4.69) is 9.46 Å². The highest BCUT2D eigenvalue weighted by Gasteiger charge is 2.23. The van der Waals surface area contributed by atoms with Crippen LogP contribution in [0.1, 0.15) is 15.9 Å². The van der Waals surface area contributed by atoms with E-state index >= 15 is 0 Å². The summed E-state index contributed by atoms with van der Waals surface area (Å²) in [5, 5.41) is 2.90. The van der Waals surface area contributed by atoms with Gasteiger partial charge in [0.2, 0.25) is 10.0 Å². The number of ether oxygens (including phenoxy) is 1. The van der Waals surface area contributed by atoms with Gasteiger partial charge in [-0.3, -0.25) is 0 Å². The summed E-state index contributed by atoms with van der Waals surface area (Å²) in [6, 6.07) is 9.56. The molecule has 2 rings (SSSR count). The van der Waals surface area contributed by atoms with Gasteiger partial charge in [0.05, 0.1) is 12.7 Å². The number of carbonyl (C=O) groups is 1. The smallest absolute Gasteiger partial charge is 0.340 e. The topological polar surface area (TPSA) is 72.5 Å². The van der Waals surface area contributed by atoms with Gasteiger partial charge in [0.1, 0.15) is 4.90 Å². The summed E-state index contributed by atoms with van der Waals surface area (Å²) >= 11 is 1.15. The largest absolute Gasteiger partial charge is 0.465 e. The van der Waals surface area contributed by atoms with E-state index in [1.165, 1.54) is 17.9 Å². The first-order valence-electron chi connectivity index (χ1n) is 6.22. The third-order valence-corrected chi connectivity index (χ3v) is 5.26. The lowest BCUT2D eigenvalue weighted by atomic mass is 10.2. The molecule has 0 saturated carbocycles. The lowest BCUT2D eigenvalue weighted by Crippen LogP contribution is -2.27. The van der Waals surface area contributed by atoms with Gasteiger partial charge in [-0.25, -0.2) is 17.9 Å². The third-order valence-electron chi connectivity index (χ3n) is 2.87. The van der Waals surface area contributed by atoms with Crippen LogP contribution in [-0.2, 0) is 21.2 Å². The van der Waals surface area contributed by atoms with Gasteiger partial charge in [-0.1, -0.05) is 30.3 Å². The van der Waals surface area contributed by atoms with E-state index < -0.39 is 16.0 Å². The Morgan fingerprint density at radius 1 is 1.24 bits per heavy atom. The van der Waals surface area contributed by atoms with E-state index in [1.807, 2.05) is 30.3 Å². The Balaban J connectivity index is 2.06. The van der Waals surface area contributed by atoms with Crippen LogP contribution in [0.5, 0.6) is 0 Å². The summed E-state index contributed by atoms with van der Waals surface area (Å²) in [5.74, 6) is -0.653. The zero-order valence-electron chi connectivity index (χ0n) is 11.4. The quantitative estimate of drug-likeness (QED) is 0.825. The van der Waals surface area contributed by atoms with Crippen LogP contribution in [0.4, 0.5) is 0 Å². The van der Waals surface area contributed by atoms with E-state index in [1.54, 1.807) is 0 Å². The summed E-state index contributed by atoms with van der Waals surface area (Å²) in [6.45, 7) is 0.267. The molecule has 1 N–H and O–H groups in total. The Morgan fingerprint density at radius 3 is 2.62 bits per heavy atom. The molecule has 1 heterocycles. The minimum Gasteiger partial charge on any atom is -0.465 e. The predicted octanol–water partition coefficient (Wildman–Crippen LogP) is 2.06. The van der Waals surface area contributed by atoms with Gasteiger partial charge < -0.3 is 4.74 Å². The first kappa shape index (κ1) is 15.7. The highest BCUT2D eigenvalue weighted by atomic mass is 32.2. The van der Waals surface area contributed by atoms with Crippen molar-refractivity contribution in [3.8, 4) is 0 Å². The number of carbonyl (C=O) groups excluding carboxylic acids is 1. The molecule has 7 heteroatoms. The van der Waals surface area contributed by atoms with Gasteiger partial charge in [0, 0.05) is 17.3 Å². The van der Waals surface area contributed by atoms with Crippen LogP contribution in [0.2, 0.25) is 0 Å². The summed E-state index contributed by atoms with van der Waals surface area (Å²) in [7, 11) is -2.49. The van der Waals surface area contributed by atoms with E-state index in [4.69, 9.17) is 0 Å². The summed E-state index contributed by atoms with van der Waals surface area (Å²) in [4.78, 5) is 11.5. The number of thiophene rings is 1. The van der Waals surface area contributed by atoms with E-state index in [9.17, 15) is 13.2 Å². The summed E-state index contributed by atoms with van der Waals surface area (Å²) in [5.41, 5.74) is 1.11. The van der Waals surface area contributed by atoms with Crippen molar-refractivity contribution >= 4 is 27.3 Å². The van der Waals surface area contributed by atoms with Gasteiger partial charge in [-0.15, -0.1) is 0 Å². The minimum absolute atomic E-state index is 0.0348. The van der Waals surface area contributed by atoms with Crippen molar-refractivity contribution in [1.82, 2.24) is 4.72 Å². The zero-order valence-corrected chi connectivity index (χ0v) is 13.0. The molecular formula is C14H15NO4S2. The SMILES string of the molecule is COC(=O)c1cscc1S(=O)(=O)NCCc1ccccc1. The maximum Gasteiger partial charge on any atom is 0.340 e. The van der Waals surface area contributed by atoms with Crippen LogP contribution >= 0.6 is 11.3 Å². The monoisotopic (exact) mass is 325 g/mol. The van der Waals surface area contributed by atoms with Gasteiger partial charge in [0.25, 0.3) is 0 Å². The molecule has 1 aromatic heterocycles. The van der Waals surface area contributed by atoms with Crippen LogP contribution in [0.15, 0.2) is 46.0 Å². The van der Waals surface area contributed by atoms with Crippen LogP contribution in [0, 0.1) is 0 Å².